The topological polar surface area (TPSA) is 131 Å². The predicted octanol–water partition coefficient (Wildman–Crippen LogP) is 0.00820. The standard InChI is InChI=1S/C12H15N3O5/c13-10(16)7-20-6-5-14-12(19)15-9-4-2-1-3-8(9)11(17)18/h1-4H,5-7H2,(H2,13,16)(H,17,18)(H2,14,15,19). The first kappa shape index (κ1) is 15.4. The van der Waals surface area contributed by atoms with Crippen molar-refractivity contribution in [3.8, 4) is 0 Å². The van der Waals surface area contributed by atoms with Crippen LogP contribution in [0.25, 0.3) is 0 Å². The Morgan fingerprint density at radius 3 is 2.60 bits per heavy atom. The minimum absolute atomic E-state index is 0.00683. The average molecular weight is 281 g/mol. The van der Waals surface area contributed by atoms with Gasteiger partial charge in [0.25, 0.3) is 0 Å². The fraction of sp³-hybridized carbons (Fsp3) is 0.250. The number of carboxylic acid groups (broad SMARTS) is 1. The molecule has 8 heteroatoms. The van der Waals surface area contributed by atoms with Gasteiger partial charge in [-0.25, -0.2) is 9.59 Å². The number of hydrogen-bond acceptors (Lipinski definition) is 4. The van der Waals surface area contributed by atoms with Gasteiger partial charge in [0.15, 0.2) is 0 Å². The molecular formula is C12H15N3O5. The highest BCUT2D eigenvalue weighted by atomic mass is 16.5. The molecule has 5 N–H and O–H groups in total. The maximum atomic E-state index is 11.5. The summed E-state index contributed by atoms with van der Waals surface area (Å²) in [6.45, 7) is 0.0659. The van der Waals surface area contributed by atoms with E-state index in [2.05, 4.69) is 10.6 Å². The van der Waals surface area contributed by atoms with Crippen LogP contribution in [0.4, 0.5) is 10.5 Å². The molecule has 108 valence electrons. The lowest BCUT2D eigenvalue weighted by Crippen LogP contribution is -2.32. The number of rotatable bonds is 7. The Labute approximate surface area is 114 Å². The number of benzene rings is 1. The summed E-state index contributed by atoms with van der Waals surface area (Å²) in [4.78, 5) is 32.8. The van der Waals surface area contributed by atoms with Gasteiger partial charge in [0.05, 0.1) is 17.9 Å². The van der Waals surface area contributed by atoms with Crippen LogP contribution >= 0.6 is 0 Å². The van der Waals surface area contributed by atoms with Crippen molar-refractivity contribution >= 4 is 23.6 Å². The summed E-state index contributed by atoms with van der Waals surface area (Å²) < 4.78 is 4.85. The monoisotopic (exact) mass is 281 g/mol. The lowest BCUT2D eigenvalue weighted by Gasteiger charge is -2.09. The van der Waals surface area contributed by atoms with Gasteiger partial charge < -0.3 is 26.2 Å². The summed E-state index contributed by atoms with van der Waals surface area (Å²) in [5.74, 6) is -1.73. The van der Waals surface area contributed by atoms with Crippen LogP contribution in [-0.2, 0) is 9.53 Å². The number of amides is 3. The largest absolute Gasteiger partial charge is 0.478 e. The van der Waals surface area contributed by atoms with Crippen molar-refractivity contribution in [1.82, 2.24) is 5.32 Å². The number of carbonyl (C=O) groups is 3. The summed E-state index contributed by atoms with van der Waals surface area (Å²) in [6.07, 6.45) is 0. The molecule has 0 fully saturated rings. The molecule has 0 aliphatic heterocycles. The fourth-order valence-electron chi connectivity index (χ4n) is 1.35. The number of nitrogens with two attached hydrogens (primary N) is 1. The Morgan fingerprint density at radius 2 is 1.95 bits per heavy atom. The first-order valence-electron chi connectivity index (χ1n) is 5.74. The van der Waals surface area contributed by atoms with Crippen molar-refractivity contribution in [2.24, 2.45) is 5.73 Å². The minimum atomic E-state index is -1.13. The number of para-hydroxylation sites is 1. The molecule has 0 aliphatic carbocycles. The maximum Gasteiger partial charge on any atom is 0.337 e. The van der Waals surface area contributed by atoms with Crippen molar-refractivity contribution in [2.75, 3.05) is 25.1 Å². The smallest absolute Gasteiger partial charge is 0.337 e. The molecular weight excluding hydrogens is 266 g/mol. The van der Waals surface area contributed by atoms with Gasteiger partial charge in [0.2, 0.25) is 5.91 Å². The number of carbonyl (C=O) groups excluding carboxylic acids is 2. The van der Waals surface area contributed by atoms with Crippen molar-refractivity contribution in [1.29, 1.82) is 0 Å². The van der Waals surface area contributed by atoms with E-state index in [1.807, 2.05) is 0 Å². The molecule has 0 saturated heterocycles. The Hall–Kier alpha value is -2.61. The van der Waals surface area contributed by atoms with Crippen molar-refractivity contribution in [2.45, 2.75) is 0 Å². The third-order valence-corrected chi connectivity index (χ3v) is 2.18. The molecule has 0 heterocycles. The zero-order valence-electron chi connectivity index (χ0n) is 10.6. The Balaban J connectivity index is 2.39. The highest BCUT2D eigenvalue weighted by Crippen LogP contribution is 2.14. The number of hydrogen-bond donors (Lipinski definition) is 4. The summed E-state index contributed by atoms with van der Waals surface area (Å²) in [6, 6.07) is 5.46. The quantitative estimate of drug-likeness (QED) is 0.523. The maximum absolute atomic E-state index is 11.5. The molecule has 3 amide bonds. The number of nitrogens with one attached hydrogen (secondary N) is 2. The number of ether oxygens (including phenoxy) is 1. The SMILES string of the molecule is NC(=O)COCCNC(=O)Nc1ccccc1C(=O)O. The number of carboxylic acids is 1. The van der Waals surface area contributed by atoms with Crippen LogP contribution in [0.5, 0.6) is 0 Å². The van der Waals surface area contributed by atoms with Crippen LogP contribution in [-0.4, -0.2) is 42.8 Å². The van der Waals surface area contributed by atoms with Gasteiger partial charge in [-0.3, -0.25) is 4.79 Å². The van der Waals surface area contributed by atoms with Crippen molar-refractivity contribution in [3.63, 3.8) is 0 Å². The molecule has 0 aliphatic rings. The zero-order valence-corrected chi connectivity index (χ0v) is 10.6. The fourth-order valence-corrected chi connectivity index (χ4v) is 1.35. The molecule has 0 spiro atoms. The molecule has 0 aromatic heterocycles. The average Bonchev–Trinajstić information content (AvgIpc) is 2.38. The number of anilines is 1. The van der Waals surface area contributed by atoms with Gasteiger partial charge in [-0.2, -0.15) is 0 Å². The zero-order chi connectivity index (χ0) is 15.0. The van der Waals surface area contributed by atoms with E-state index in [4.69, 9.17) is 15.6 Å². The van der Waals surface area contributed by atoms with E-state index < -0.39 is 17.9 Å². The Bertz CT molecular complexity index is 504. The van der Waals surface area contributed by atoms with E-state index >= 15 is 0 Å². The molecule has 0 radical (unpaired) electrons. The third-order valence-electron chi connectivity index (χ3n) is 2.18. The Kier molecular flexibility index (Phi) is 5.98. The lowest BCUT2D eigenvalue weighted by molar-refractivity contribution is -0.122. The summed E-state index contributed by atoms with van der Waals surface area (Å²) in [7, 11) is 0. The second-order valence-corrected chi connectivity index (χ2v) is 3.75. The normalized spacial score (nSPS) is 9.80. The molecule has 8 nitrogen and oxygen atoms in total. The van der Waals surface area contributed by atoms with Crippen molar-refractivity contribution < 1.29 is 24.2 Å². The predicted molar refractivity (Wildman–Crippen MR) is 70.4 cm³/mol. The summed E-state index contributed by atoms with van der Waals surface area (Å²) >= 11 is 0. The first-order valence-corrected chi connectivity index (χ1v) is 5.74. The Morgan fingerprint density at radius 1 is 1.25 bits per heavy atom. The number of urea groups is 1. The van der Waals surface area contributed by atoms with E-state index in [0.717, 1.165) is 0 Å². The number of aromatic carboxylic acids is 1. The lowest BCUT2D eigenvalue weighted by atomic mass is 10.2. The second-order valence-electron chi connectivity index (χ2n) is 3.75. The van der Waals surface area contributed by atoms with Gasteiger partial charge >= 0.3 is 12.0 Å². The highest BCUT2D eigenvalue weighted by molar-refractivity contribution is 5.99. The molecule has 0 bridgehead atoms. The number of primary amides is 1. The van der Waals surface area contributed by atoms with Crippen LogP contribution in [0.2, 0.25) is 0 Å². The second kappa shape index (κ2) is 7.74. The minimum Gasteiger partial charge on any atom is -0.478 e. The van der Waals surface area contributed by atoms with Crippen LogP contribution in [0, 0.1) is 0 Å². The van der Waals surface area contributed by atoms with Gasteiger partial charge in [0.1, 0.15) is 6.61 Å². The summed E-state index contributed by atoms with van der Waals surface area (Å²) in [5.41, 5.74) is 5.05. The molecule has 20 heavy (non-hydrogen) atoms. The van der Waals surface area contributed by atoms with Crippen LogP contribution in [0.15, 0.2) is 24.3 Å². The van der Waals surface area contributed by atoms with Crippen LogP contribution < -0.4 is 16.4 Å². The van der Waals surface area contributed by atoms with Gasteiger partial charge in [-0.1, -0.05) is 12.1 Å². The molecule has 0 atom stereocenters. The molecule has 1 aromatic carbocycles. The highest BCUT2D eigenvalue weighted by Gasteiger charge is 2.10. The third kappa shape index (κ3) is 5.36. The van der Waals surface area contributed by atoms with E-state index in [9.17, 15) is 14.4 Å². The van der Waals surface area contributed by atoms with E-state index in [0.29, 0.717) is 0 Å². The molecule has 1 rings (SSSR count). The first-order chi connectivity index (χ1) is 9.50. The molecule has 0 saturated carbocycles. The van der Waals surface area contributed by atoms with Crippen molar-refractivity contribution in [3.05, 3.63) is 29.8 Å². The van der Waals surface area contributed by atoms with E-state index in [1.165, 1.54) is 12.1 Å². The summed E-state index contributed by atoms with van der Waals surface area (Å²) in [5, 5.41) is 13.8. The molecule has 1 aromatic rings. The van der Waals surface area contributed by atoms with Gasteiger partial charge in [-0.05, 0) is 12.1 Å². The van der Waals surface area contributed by atoms with E-state index in [1.54, 1.807) is 12.1 Å². The van der Waals surface area contributed by atoms with Crippen LogP contribution in [0.3, 0.4) is 0 Å². The molecule has 0 unspecified atom stereocenters. The van der Waals surface area contributed by atoms with E-state index in [-0.39, 0.29) is 31.0 Å². The van der Waals surface area contributed by atoms with Gasteiger partial charge in [-0.15, -0.1) is 0 Å². The van der Waals surface area contributed by atoms with Crippen LogP contribution in [0.1, 0.15) is 10.4 Å². The van der Waals surface area contributed by atoms with Gasteiger partial charge in [0, 0.05) is 6.54 Å².